The van der Waals surface area contributed by atoms with E-state index in [-0.39, 0.29) is 24.1 Å². The molecule has 0 aromatic heterocycles. The van der Waals surface area contributed by atoms with Crippen LogP contribution in [0.4, 0.5) is 0 Å². The van der Waals surface area contributed by atoms with E-state index in [4.69, 9.17) is 0 Å². The summed E-state index contributed by atoms with van der Waals surface area (Å²) in [5.41, 5.74) is 3.17. The fraction of sp³-hybridized carbons (Fsp3) is 0.423. The molecule has 5 rings (SSSR count). The minimum Gasteiger partial charge on any atom is -0.508 e. The van der Waals surface area contributed by atoms with Gasteiger partial charge < -0.3 is 20.0 Å². The number of carbonyl (C=O) groups is 3. The Bertz CT molecular complexity index is 1170. The minimum absolute atomic E-state index is 0.0864. The molecule has 0 spiro atoms. The van der Waals surface area contributed by atoms with Crippen LogP contribution < -0.4 is 0 Å². The van der Waals surface area contributed by atoms with E-state index < -0.39 is 23.8 Å². The van der Waals surface area contributed by atoms with Gasteiger partial charge in [-0.25, -0.2) is 0 Å². The summed E-state index contributed by atoms with van der Waals surface area (Å²) in [5.74, 6) is -2.41. The largest absolute Gasteiger partial charge is 0.508 e. The zero-order chi connectivity index (χ0) is 24.0. The molecule has 2 aliphatic heterocycles. The molecule has 1 saturated carbocycles. The number of hydrogen-bond acceptors (Lipinski definition) is 4. The molecule has 34 heavy (non-hydrogen) atoms. The average molecular weight is 527 g/mol. The smallest absolute Gasteiger partial charge is 0.307 e. The number of nitrogens with zero attached hydrogens (tertiary/aromatic N) is 2. The molecule has 0 unspecified atom stereocenters. The number of carbonyl (C=O) groups excluding carboxylic acids is 2. The molecule has 8 heteroatoms. The minimum atomic E-state index is -0.928. The molecule has 0 bridgehead atoms. The highest BCUT2D eigenvalue weighted by Gasteiger charge is 2.43. The Morgan fingerprint density at radius 1 is 1.06 bits per heavy atom. The van der Waals surface area contributed by atoms with Crippen molar-refractivity contribution in [2.24, 2.45) is 11.8 Å². The van der Waals surface area contributed by atoms with E-state index >= 15 is 0 Å². The Morgan fingerprint density at radius 3 is 2.53 bits per heavy atom. The van der Waals surface area contributed by atoms with Crippen LogP contribution in [0.1, 0.15) is 58.8 Å². The van der Waals surface area contributed by atoms with Crippen LogP contribution in [0.5, 0.6) is 5.75 Å². The van der Waals surface area contributed by atoms with E-state index in [1.165, 1.54) is 0 Å². The Labute approximate surface area is 206 Å². The normalized spacial score (nSPS) is 24.0. The van der Waals surface area contributed by atoms with Gasteiger partial charge in [0.15, 0.2) is 0 Å². The van der Waals surface area contributed by atoms with Crippen LogP contribution in [-0.4, -0.2) is 50.9 Å². The molecule has 2 amide bonds. The van der Waals surface area contributed by atoms with Gasteiger partial charge in [0.1, 0.15) is 5.75 Å². The number of hydrogen-bond donors (Lipinski definition) is 2. The van der Waals surface area contributed by atoms with Crippen LogP contribution in [0, 0.1) is 11.8 Å². The number of amides is 2. The molecule has 0 radical (unpaired) electrons. The molecule has 1 fully saturated rings. The predicted molar refractivity (Wildman–Crippen MR) is 128 cm³/mol. The maximum absolute atomic E-state index is 13.8. The lowest BCUT2D eigenvalue weighted by Gasteiger charge is -2.42. The zero-order valence-corrected chi connectivity index (χ0v) is 20.3. The van der Waals surface area contributed by atoms with Gasteiger partial charge in [0.25, 0.3) is 5.91 Å². The van der Waals surface area contributed by atoms with E-state index in [1.807, 2.05) is 24.3 Å². The third-order valence-electron chi connectivity index (χ3n) is 7.56. The van der Waals surface area contributed by atoms with Gasteiger partial charge in [0.2, 0.25) is 5.91 Å². The summed E-state index contributed by atoms with van der Waals surface area (Å²) >= 11 is 3.58. The molecule has 178 valence electrons. The number of fused-ring (bicyclic) bond motifs is 2. The maximum Gasteiger partial charge on any atom is 0.307 e. The molecular formula is C26H27BrN2O5. The number of halogens is 1. The third kappa shape index (κ3) is 3.87. The molecule has 0 saturated heterocycles. The van der Waals surface area contributed by atoms with Crippen LogP contribution in [0.15, 0.2) is 40.9 Å². The standard InChI is InChI=1S/C26H27BrN2O5/c27-20-9-10-22(30)23-19(20)11-12-29(25(32)17-7-3-4-8-18(17)26(33)34)21(23)14-28-13-15-5-1-2-6-16(15)24(28)31/h1-2,5-6,9-10,17-18,21,30H,3-4,7-8,11-14H2,(H,33,34)/t17-,18+,21-/m1/s1. The van der Waals surface area contributed by atoms with Crippen molar-refractivity contribution in [2.45, 2.75) is 44.7 Å². The topological polar surface area (TPSA) is 98.2 Å². The van der Waals surface area contributed by atoms with Crippen molar-refractivity contribution >= 4 is 33.7 Å². The molecule has 1 aliphatic carbocycles. The quantitative estimate of drug-likeness (QED) is 0.624. The molecule has 2 aromatic rings. The number of carboxylic acid groups (broad SMARTS) is 1. The van der Waals surface area contributed by atoms with E-state index in [0.29, 0.717) is 43.5 Å². The highest BCUT2D eigenvalue weighted by molar-refractivity contribution is 9.10. The number of benzene rings is 2. The number of rotatable bonds is 4. The van der Waals surface area contributed by atoms with Gasteiger partial charge in [0, 0.05) is 35.2 Å². The number of carboxylic acids is 1. The molecular weight excluding hydrogens is 500 g/mol. The van der Waals surface area contributed by atoms with Crippen LogP contribution in [0.3, 0.4) is 0 Å². The Hall–Kier alpha value is -2.87. The second-order valence-electron chi connectivity index (χ2n) is 9.43. The first-order chi connectivity index (χ1) is 16.4. The Balaban J connectivity index is 1.51. The van der Waals surface area contributed by atoms with Crippen LogP contribution in [-0.2, 0) is 22.6 Å². The fourth-order valence-corrected chi connectivity index (χ4v) is 6.40. The van der Waals surface area contributed by atoms with E-state index in [1.54, 1.807) is 21.9 Å². The van der Waals surface area contributed by atoms with Crippen molar-refractivity contribution in [1.82, 2.24) is 9.80 Å². The third-order valence-corrected chi connectivity index (χ3v) is 8.30. The summed E-state index contributed by atoms with van der Waals surface area (Å²) < 4.78 is 0.856. The average Bonchev–Trinajstić information content (AvgIpc) is 3.16. The monoisotopic (exact) mass is 526 g/mol. The number of phenolic OH excluding ortho intramolecular Hbond substituents is 1. The van der Waals surface area contributed by atoms with E-state index in [9.17, 15) is 24.6 Å². The van der Waals surface area contributed by atoms with E-state index in [0.717, 1.165) is 28.4 Å². The summed E-state index contributed by atoms with van der Waals surface area (Å²) in [6.07, 6.45) is 3.22. The van der Waals surface area contributed by atoms with Crippen LogP contribution in [0.25, 0.3) is 0 Å². The van der Waals surface area contributed by atoms with E-state index in [2.05, 4.69) is 15.9 Å². The lowest BCUT2D eigenvalue weighted by Crippen LogP contribution is -2.49. The van der Waals surface area contributed by atoms with Gasteiger partial charge in [-0.3, -0.25) is 14.4 Å². The lowest BCUT2D eigenvalue weighted by atomic mass is 9.77. The van der Waals surface area contributed by atoms with Crippen molar-refractivity contribution in [2.75, 3.05) is 13.1 Å². The van der Waals surface area contributed by atoms with Gasteiger partial charge in [0.05, 0.1) is 17.9 Å². The van der Waals surface area contributed by atoms with Gasteiger partial charge in [-0.1, -0.05) is 47.0 Å². The fourth-order valence-electron chi connectivity index (χ4n) is 5.86. The Morgan fingerprint density at radius 2 is 1.79 bits per heavy atom. The molecule has 3 atom stereocenters. The number of aliphatic carboxylic acids is 1. The second kappa shape index (κ2) is 9.06. The first kappa shape index (κ1) is 22.9. The van der Waals surface area contributed by atoms with Crippen molar-refractivity contribution in [1.29, 1.82) is 0 Å². The van der Waals surface area contributed by atoms with Crippen LogP contribution >= 0.6 is 15.9 Å². The predicted octanol–water partition coefficient (Wildman–Crippen LogP) is 4.13. The number of phenols is 1. The van der Waals surface area contributed by atoms with Crippen molar-refractivity contribution in [3.63, 3.8) is 0 Å². The maximum atomic E-state index is 13.8. The van der Waals surface area contributed by atoms with Crippen molar-refractivity contribution in [3.05, 3.63) is 63.1 Å². The van der Waals surface area contributed by atoms with Gasteiger partial charge in [-0.15, -0.1) is 0 Å². The van der Waals surface area contributed by atoms with Crippen molar-refractivity contribution < 1.29 is 24.6 Å². The van der Waals surface area contributed by atoms with Gasteiger partial charge in [-0.2, -0.15) is 0 Å². The van der Waals surface area contributed by atoms with Gasteiger partial charge in [-0.05, 0) is 48.6 Å². The second-order valence-corrected chi connectivity index (χ2v) is 10.3. The summed E-state index contributed by atoms with van der Waals surface area (Å²) in [5, 5.41) is 20.6. The summed E-state index contributed by atoms with van der Waals surface area (Å²) in [6.45, 7) is 1.09. The zero-order valence-electron chi connectivity index (χ0n) is 18.7. The first-order valence-electron chi connectivity index (χ1n) is 11.8. The highest BCUT2D eigenvalue weighted by atomic mass is 79.9. The molecule has 2 aromatic carbocycles. The molecule has 3 aliphatic rings. The molecule has 2 heterocycles. The lowest BCUT2D eigenvalue weighted by molar-refractivity contribution is -0.153. The first-order valence-corrected chi connectivity index (χ1v) is 12.6. The summed E-state index contributed by atoms with van der Waals surface area (Å²) in [6, 6.07) is 10.3. The highest BCUT2D eigenvalue weighted by Crippen LogP contribution is 2.43. The molecule has 2 N–H and O–H groups in total. The SMILES string of the molecule is O=C(O)[C@H]1CCCC[C@H]1C(=O)N1CCc2c(Br)ccc(O)c2[C@H]1CN1Cc2ccccc2C1=O. The summed E-state index contributed by atoms with van der Waals surface area (Å²) in [7, 11) is 0. The Kier molecular flexibility index (Phi) is 6.10. The summed E-state index contributed by atoms with van der Waals surface area (Å²) in [4.78, 5) is 42.3. The van der Waals surface area contributed by atoms with Crippen molar-refractivity contribution in [3.8, 4) is 5.75 Å². The molecule has 7 nitrogen and oxygen atoms in total. The van der Waals surface area contributed by atoms with Gasteiger partial charge >= 0.3 is 5.97 Å². The number of aromatic hydroxyl groups is 1. The van der Waals surface area contributed by atoms with Crippen LogP contribution in [0.2, 0.25) is 0 Å².